The monoisotopic (exact) mass is 329 g/mol. The number of hydrogen-bond donors (Lipinski definition) is 1. The minimum atomic E-state index is 0.197. The van der Waals surface area contributed by atoms with Crippen LogP contribution in [0, 0.1) is 0 Å². The largest absolute Gasteiger partial charge is 0.349 e. The fourth-order valence-electron chi connectivity index (χ4n) is 2.33. The molecule has 2 aromatic carbocycles. The van der Waals surface area contributed by atoms with Crippen LogP contribution in [-0.2, 0) is 7.05 Å². The zero-order chi connectivity index (χ0) is 14.1. The highest BCUT2D eigenvalue weighted by Gasteiger charge is 2.11. The average molecular weight is 330 g/mol. The second-order valence-corrected chi connectivity index (χ2v) is 5.82. The molecule has 102 valence electrons. The van der Waals surface area contributed by atoms with Crippen molar-refractivity contribution in [2.24, 2.45) is 7.05 Å². The van der Waals surface area contributed by atoms with Crippen LogP contribution in [0.1, 0.15) is 18.5 Å². The van der Waals surface area contributed by atoms with Gasteiger partial charge in [0.1, 0.15) is 0 Å². The van der Waals surface area contributed by atoms with Gasteiger partial charge in [0.2, 0.25) is 5.95 Å². The molecule has 4 heteroatoms. The molecule has 3 rings (SSSR count). The van der Waals surface area contributed by atoms with E-state index in [1.165, 1.54) is 5.56 Å². The summed E-state index contributed by atoms with van der Waals surface area (Å²) >= 11 is 3.51. The molecule has 0 aliphatic rings. The predicted molar refractivity (Wildman–Crippen MR) is 86.9 cm³/mol. The Kier molecular flexibility index (Phi) is 3.49. The van der Waals surface area contributed by atoms with Crippen molar-refractivity contribution >= 4 is 32.9 Å². The Morgan fingerprint density at radius 3 is 2.70 bits per heavy atom. The number of aromatic nitrogens is 2. The van der Waals surface area contributed by atoms with Crippen molar-refractivity contribution in [3.05, 3.63) is 58.6 Å². The van der Waals surface area contributed by atoms with Crippen LogP contribution in [0.4, 0.5) is 5.95 Å². The molecule has 0 saturated heterocycles. The summed E-state index contributed by atoms with van der Waals surface area (Å²) in [6, 6.07) is 16.7. The Morgan fingerprint density at radius 1 is 1.15 bits per heavy atom. The lowest BCUT2D eigenvalue weighted by Gasteiger charge is -2.15. The smallest absolute Gasteiger partial charge is 0.204 e. The Bertz CT molecular complexity index is 748. The van der Waals surface area contributed by atoms with Gasteiger partial charge in [-0.1, -0.05) is 40.2 Å². The maximum atomic E-state index is 4.64. The van der Waals surface area contributed by atoms with Gasteiger partial charge in [-0.15, -0.1) is 0 Å². The normalized spacial score (nSPS) is 12.6. The van der Waals surface area contributed by atoms with E-state index in [1.807, 2.05) is 37.4 Å². The lowest BCUT2D eigenvalue weighted by Crippen LogP contribution is -2.10. The minimum Gasteiger partial charge on any atom is -0.349 e. The lowest BCUT2D eigenvalue weighted by atomic mass is 10.1. The van der Waals surface area contributed by atoms with Crippen LogP contribution >= 0.6 is 15.9 Å². The van der Waals surface area contributed by atoms with Crippen molar-refractivity contribution in [3.63, 3.8) is 0 Å². The maximum absolute atomic E-state index is 4.64. The molecule has 0 radical (unpaired) electrons. The Labute approximate surface area is 126 Å². The van der Waals surface area contributed by atoms with Crippen molar-refractivity contribution in [1.29, 1.82) is 0 Å². The molecular weight excluding hydrogens is 314 g/mol. The van der Waals surface area contributed by atoms with E-state index < -0.39 is 0 Å². The highest BCUT2D eigenvalue weighted by Crippen LogP contribution is 2.24. The molecule has 20 heavy (non-hydrogen) atoms. The van der Waals surface area contributed by atoms with Gasteiger partial charge in [-0.25, -0.2) is 4.98 Å². The van der Waals surface area contributed by atoms with Crippen LogP contribution in [0.3, 0.4) is 0 Å². The fraction of sp³-hybridized carbons (Fsp3) is 0.188. The maximum Gasteiger partial charge on any atom is 0.204 e. The van der Waals surface area contributed by atoms with Crippen molar-refractivity contribution in [3.8, 4) is 0 Å². The molecular formula is C16H16BrN3. The number of imidazole rings is 1. The number of nitrogens with zero attached hydrogens (tertiary/aromatic N) is 2. The number of hydrogen-bond acceptors (Lipinski definition) is 2. The molecule has 3 aromatic rings. The quantitative estimate of drug-likeness (QED) is 0.766. The van der Waals surface area contributed by atoms with Crippen LogP contribution in [0.25, 0.3) is 11.0 Å². The number of fused-ring (bicyclic) bond motifs is 1. The molecule has 1 aromatic heterocycles. The van der Waals surface area contributed by atoms with Crippen LogP contribution in [0.2, 0.25) is 0 Å². The van der Waals surface area contributed by atoms with Crippen molar-refractivity contribution in [2.45, 2.75) is 13.0 Å². The third-order valence-corrected chi connectivity index (χ3v) is 3.97. The molecule has 1 atom stereocenters. The number of benzene rings is 2. The van der Waals surface area contributed by atoms with Gasteiger partial charge in [-0.3, -0.25) is 0 Å². The van der Waals surface area contributed by atoms with Crippen molar-refractivity contribution < 1.29 is 0 Å². The molecule has 0 fully saturated rings. The molecule has 0 spiro atoms. The summed E-state index contributed by atoms with van der Waals surface area (Å²) < 4.78 is 3.18. The van der Waals surface area contributed by atoms with Gasteiger partial charge in [-0.2, -0.15) is 0 Å². The van der Waals surface area contributed by atoms with Gasteiger partial charge >= 0.3 is 0 Å². The third kappa shape index (κ3) is 2.43. The van der Waals surface area contributed by atoms with E-state index in [1.54, 1.807) is 0 Å². The first-order valence-electron chi connectivity index (χ1n) is 6.58. The second kappa shape index (κ2) is 5.29. The number of para-hydroxylation sites is 2. The molecule has 0 aliphatic carbocycles. The Balaban J connectivity index is 1.91. The summed E-state index contributed by atoms with van der Waals surface area (Å²) in [5, 5.41) is 3.47. The summed E-state index contributed by atoms with van der Waals surface area (Å²) in [7, 11) is 2.03. The van der Waals surface area contributed by atoms with E-state index in [9.17, 15) is 0 Å². The van der Waals surface area contributed by atoms with Gasteiger partial charge in [0.15, 0.2) is 0 Å². The van der Waals surface area contributed by atoms with Gasteiger partial charge in [0.25, 0.3) is 0 Å². The first-order valence-corrected chi connectivity index (χ1v) is 7.38. The van der Waals surface area contributed by atoms with Gasteiger partial charge < -0.3 is 9.88 Å². The summed E-state index contributed by atoms with van der Waals surface area (Å²) in [4.78, 5) is 4.64. The highest BCUT2D eigenvalue weighted by atomic mass is 79.9. The SMILES string of the molecule is CC(Nc1nc2ccccc2n1C)c1cccc(Br)c1. The average Bonchev–Trinajstić information content (AvgIpc) is 2.76. The standard InChI is InChI=1S/C16H16BrN3/c1-11(12-6-5-7-13(17)10-12)18-16-19-14-8-3-4-9-15(14)20(16)2/h3-11H,1-2H3,(H,18,19). The van der Waals surface area contributed by atoms with E-state index in [0.29, 0.717) is 0 Å². The van der Waals surface area contributed by atoms with Crippen LogP contribution < -0.4 is 5.32 Å². The van der Waals surface area contributed by atoms with E-state index >= 15 is 0 Å². The first-order chi connectivity index (χ1) is 9.65. The van der Waals surface area contributed by atoms with Gasteiger partial charge in [0.05, 0.1) is 17.1 Å². The molecule has 0 aliphatic heterocycles. The summed E-state index contributed by atoms with van der Waals surface area (Å²) in [5.74, 6) is 0.888. The molecule has 0 bridgehead atoms. The molecule has 1 heterocycles. The first kappa shape index (κ1) is 13.2. The molecule has 3 nitrogen and oxygen atoms in total. The van der Waals surface area contributed by atoms with Crippen LogP contribution in [-0.4, -0.2) is 9.55 Å². The summed E-state index contributed by atoms with van der Waals surface area (Å²) in [6.45, 7) is 2.14. The van der Waals surface area contributed by atoms with Gasteiger partial charge in [-0.05, 0) is 36.8 Å². The van der Waals surface area contributed by atoms with Crippen molar-refractivity contribution in [1.82, 2.24) is 9.55 Å². The summed E-state index contributed by atoms with van der Waals surface area (Å²) in [6.07, 6.45) is 0. The third-order valence-electron chi connectivity index (χ3n) is 3.48. The second-order valence-electron chi connectivity index (χ2n) is 4.90. The molecule has 1 unspecified atom stereocenters. The number of aryl methyl sites for hydroxylation is 1. The lowest BCUT2D eigenvalue weighted by molar-refractivity contribution is 0.832. The van der Waals surface area contributed by atoms with E-state index in [0.717, 1.165) is 21.5 Å². The zero-order valence-electron chi connectivity index (χ0n) is 11.5. The fourth-order valence-corrected chi connectivity index (χ4v) is 2.74. The van der Waals surface area contributed by atoms with Crippen LogP contribution in [0.5, 0.6) is 0 Å². The Morgan fingerprint density at radius 2 is 1.95 bits per heavy atom. The topological polar surface area (TPSA) is 29.9 Å². The highest BCUT2D eigenvalue weighted by molar-refractivity contribution is 9.10. The van der Waals surface area contributed by atoms with E-state index in [4.69, 9.17) is 0 Å². The number of nitrogens with one attached hydrogen (secondary N) is 1. The molecule has 1 N–H and O–H groups in total. The van der Waals surface area contributed by atoms with E-state index in [2.05, 4.69) is 55.9 Å². The number of anilines is 1. The molecule has 0 amide bonds. The van der Waals surface area contributed by atoms with Gasteiger partial charge in [0, 0.05) is 11.5 Å². The number of halogens is 1. The number of rotatable bonds is 3. The van der Waals surface area contributed by atoms with E-state index in [-0.39, 0.29) is 6.04 Å². The Hall–Kier alpha value is -1.81. The predicted octanol–water partition coefficient (Wildman–Crippen LogP) is 4.51. The zero-order valence-corrected chi connectivity index (χ0v) is 13.1. The van der Waals surface area contributed by atoms with Crippen molar-refractivity contribution in [2.75, 3.05) is 5.32 Å². The molecule has 0 saturated carbocycles. The summed E-state index contributed by atoms with van der Waals surface area (Å²) in [5.41, 5.74) is 3.38. The minimum absolute atomic E-state index is 0.197. The van der Waals surface area contributed by atoms with Crippen LogP contribution in [0.15, 0.2) is 53.0 Å².